The van der Waals surface area contributed by atoms with Crippen LogP contribution in [0.1, 0.15) is 29.4 Å². The van der Waals surface area contributed by atoms with E-state index < -0.39 is 11.2 Å². The number of piperazine rings is 1. The Morgan fingerprint density at radius 1 is 1.14 bits per heavy atom. The van der Waals surface area contributed by atoms with Crippen LogP contribution < -0.4 is 16.1 Å². The van der Waals surface area contributed by atoms with Crippen LogP contribution in [0.2, 0.25) is 0 Å². The molecule has 2 aromatic heterocycles. The molecular formula is C20H23N5O3S. The highest BCUT2D eigenvalue weighted by Gasteiger charge is 2.26. The lowest BCUT2D eigenvalue weighted by molar-refractivity contribution is 0.0753. The van der Waals surface area contributed by atoms with E-state index in [2.05, 4.69) is 26.4 Å². The minimum Gasteiger partial charge on any atom is -0.368 e. The maximum atomic E-state index is 13.0. The summed E-state index contributed by atoms with van der Waals surface area (Å²) in [5.41, 5.74) is 0.644. The van der Waals surface area contributed by atoms with Gasteiger partial charge in [-0.2, -0.15) is 4.37 Å². The number of anilines is 1. The number of hydrogen-bond donors (Lipinski definition) is 1. The fourth-order valence-corrected chi connectivity index (χ4v) is 4.36. The summed E-state index contributed by atoms with van der Waals surface area (Å²) in [6.45, 7) is 4.95. The van der Waals surface area contributed by atoms with Gasteiger partial charge in [0, 0.05) is 38.4 Å². The Balaban J connectivity index is 1.55. The van der Waals surface area contributed by atoms with Gasteiger partial charge in [0.2, 0.25) is 0 Å². The van der Waals surface area contributed by atoms with E-state index in [1.165, 1.54) is 4.57 Å². The van der Waals surface area contributed by atoms with Gasteiger partial charge in [-0.1, -0.05) is 31.5 Å². The predicted molar refractivity (Wildman–Crippen MR) is 114 cm³/mol. The van der Waals surface area contributed by atoms with Crippen LogP contribution >= 0.6 is 11.5 Å². The number of aromatic amines is 1. The van der Waals surface area contributed by atoms with Gasteiger partial charge >= 0.3 is 5.69 Å². The van der Waals surface area contributed by atoms with Crippen molar-refractivity contribution in [1.82, 2.24) is 18.8 Å². The third-order valence-electron chi connectivity index (χ3n) is 5.23. The van der Waals surface area contributed by atoms with E-state index >= 15 is 0 Å². The molecule has 1 fully saturated rings. The summed E-state index contributed by atoms with van der Waals surface area (Å²) in [5.74, 6) is -0.188. The van der Waals surface area contributed by atoms with Gasteiger partial charge in [-0.25, -0.2) is 4.79 Å². The van der Waals surface area contributed by atoms with Crippen molar-refractivity contribution >= 4 is 34.2 Å². The Morgan fingerprint density at radius 2 is 1.86 bits per heavy atom. The largest absolute Gasteiger partial charge is 0.368 e. The SMILES string of the molecule is CCCCn1c(=O)[nH]c2c(C(=O)N3CCN(c4ccccc4)CC3)snc2c1=O. The molecule has 0 radical (unpaired) electrons. The number of rotatable bonds is 5. The Morgan fingerprint density at radius 3 is 2.55 bits per heavy atom. The number of aromatic nitrogens is 3. The molecule has 4 rings (SSSR count). The van der Waals surface area contributed by atoms with Crippen molar-refractivity contribution in [1.29, 1.82) is 0 Å². The molecule has 0 bridgehead atoms. The Labute approximate surface area is 171 Å². The third-order valence-corrected chi connectivity index (χ3v) is 6.07. The Hall–Kier alpha value is -2.94. The van der Waals surface area contributed by atoms with Crippen LogP contribution in [0, 0.1) is 0 Å². The predicted octanol–water partition coefficient (Wildman–Crippen LogP) is 1.91. The molecule has 0 atom stereocenters. The highest BCUT2D eigenvalue weighted by atomic mass is 32.1. The number of carbonyl (C=O) groups excluding carboxylic acids is 1. The van der Waals surface area contributed by atoms with Crippen LogP contribution in [0.3, 0.4) is 0 Å². The zero-order valence-corrected chi connectivity index (χ0v) is 17.1. The van der Waals surface area contributed by atoms with Crippen molar-refractivity contribution in [2.24, 2.45) is 0 Å². The minimum absolute atomic E-state index is 0.164. The van der Waals surface area contributed by atoms with E-state index in [0.717, 1.165) is 43.2 Å². The number of amides is 1. The summed E-state index contributed by atoms with van der Waals surface area (Å²) in [6.07, 6.45) is 1.61. The maximum absolute atomic E-state index is 13.0. The fraction of sp³-hybridized carbons (Fsp3) is 0.400. The monoisotopic (exact) mass is 413 g/mol. The summed E-state index contributed by atoms with van der Waals surface area (Å²) in [7, 11) is 0. The molecule has 1 aliphatic rings. The molecule has 1 aliphatic heterocycles. The van der Waals surface area contributed by atoms with Gasteiger partial charge in [0.15, 0.2) is 5.52 Å². The lowest BCUT2D eigenvalue weighted by Crippen LogP contribution is -2.48. The van der Waals surface area contributed by atoms with E-state index in [0.29, 0.717) is 24.5 Å². The molecule has 3 aromatic rings. The molecule has 152 valence electrons. The van der Waals surface area contributed by atoms with E-state index in [-0.39, 0.29) is 16.9 Å². The summed E-state index contributed by atoms with van der Waals surface area (Å²) in [6, 6.07) is 10.1. The second kappa shape index (κ2) is 8.20. The van der Waals surface area contributed by atoms with Crippen molar-refractivity contribution in [3.05, 3.63) is 56.0 Å². The van der Waals surface area contributed by atoms with Crippen molar-refractivity contribution in [2.75, 3.05) is 31.1 Å². The number of hydrogen-bond acceptors (Lipinski definition) is 6. The molecule has 1 amide bonds. The Bertz CT molecular complexity index is 1130. The van der Waals surface area contributed by atoms with Gasteiger partial charge in [-0.3, -0.25) is 14.2 Å². The summed E-state index contributed by atoms with van der Waals surface area (Å²) in [5, 5.41) is 0. The van der Waals surface area contributed by atoms with E-state index in [1.54, 1.807) is 4.90 Å². The standard InChI is InChI=1S/C20H23N5O3S/c1-2-3-9-25-18(26)16-15(21-20(25)28)17(29-22-16)19(27)24-12-10-23(11-13-24)14-7-5-4-6-8-14/h4-8H,2-3,9-13H2,1H3,(H,21,28). The van der Waals surface area contributed by atoms with Crippen LogP contribution in [-0.4, -0.2) is 50.9 Å². The fourth-order valence-electron chi connectivity index (χ4n) is 3.56. The molecule has 0 unspecified atom stereocenters. The van der Waals surface area contributed by atoms with Crippen molar-refractivity contribution < 1.29 is 4.79 Å². The van der Waals surface area contributed by atoms with Crippen LogP contribution in [0.15, 0.2) is 39.9 Å². The molecule has 29 heavy (non-hydrogen) atoms. The second-order valence-electron chi connectivity index (χ2n) is 7.09. The van der Waals surface area contributed by atoms with Crippen molar-refractivity contribution in [2.45, 2.75) is 26.3 Å². The Kier molecular flexibility index (Phi) is 5.48. The number of H-pyrrole nitrogens is 1. The maximum Gasteiger partial charge on any atom is 0.328 e. The first-order chi connectivity index (χ1) is 14.1. The van der Waals surface area contributed by atoms with Crippen LogP contribution in [0.25, 0.3) is 11.0 Å². The highest BCUT2D eigenvalue weighted by molar-refractivity contribution is 7.09. The minimum atomic E-state index is -0.487. The third kappa shape index (κ3) is 3.69. The molecule has 1 aromatic carbocycles. The molecule has 8 nitrogen and oxygen atoms in total. The number of nitrogens with one attached hydrogen (secondary N) is 1. The lowest BCUT2D eigenvalue weighted by atomic mass is 10.2. The van der Waals surface area contributed by atoms with Crippen LogP contribution in [0.4, 0.5) is 5.69 Å². The summed E-state index contributed by atoms with van der Waals surface area (Å²) >= 11 is 0.979. The van der Waals surface area contributed by atoms with Gasteiger partial charge in [-0.05, 0) is 30.1 Å². The van der Waals surface area contributed by atoms with Crippen LogP contribution in [0.5, 0.6) is 0 Å². The zero-order chi connectivity index (χ0) is 20.4. The van der Waals surface area contributed by atoms with Crippen molar-refractivity contribution in [3.63, 3.8) is 0 Å². The molecule has 1 N–H and O–H groups in total. The lowest BCUT2D eigenvalue weighted by Gasteiger charge is -2.35. The number of unbranched alkanes of at least 4 members (excludes halogenated alkanes) is 1. The van der Waals surface area contributed by atoms with E-state index in [9.17, 15) is 14.4 Å². The first kappa shape index (κ1) is 19.4. The summed E-state index contributed by atoms with van der Waals surface area (Å²) < 4.78 is 5.35. The molecule has 0 aliphatic carbocycles. The van der Waals surface area contributed by atoms with Gasteiger partial charge in [0.25, 0.3) is 11.5 Å². The van der Waals surface area contributed by atoms with Gasteiger partial charge in [0.05, 0.1) is 5.52 Å². The first-order valence-electron chi connectivity index (χ1n) is 9.82. The molecule has 3 heterocycles. The van der Waals surface area contributed by atoms with Gasteiger partial charge < -0.3 is 14.8 Å². The first-order valence-corrected chi connectivity index (χ1v) is 10.6. The number of nitrogens with zero attached hydrogens (tertiary/aromatic N) is 4. The molecule has 9 heteroatoms. The van der Waals surface area contributed by atoms with E-state index in [4.69, 9.17) is 0 Å². The van der Waals surface area contributed by atoms with Crippen molar-refractivity contribution in [3.8, 4) is 0 Å². The average molecular weight is 414 g/mol. The average Bonchev–Trinajstić information content (AvgIpc) is 3.18. The quantitative estimate of drug-likeness (QED) is 0.690. The zero-order valence-electron chi connectivity index (χ0n) is 16.3. The number of carbonyl (C=O) groups is 1. The molecular weight excluding hydrogens is 390 g/mol. The topological polar surface area (TPSA) is 91.3 Å². The number of para-hydroxylation sites is 1. The highest BCUT2D eigenvalue weighted by Crippen LogP contribution is 2.21. The normalized spacial score (nSPS) is 14.5. The smallest absolute Gasteiger partial charge is 0.328 e. The van der Waals surface area contributed by atoms with Gasteiger partial charge in [0.1, 0.15) is 4.88 Å². The second-order valence-corrected chi connectivity index (χ2v) is 7.86. The number of benzene rings is 1. The van der Waals surface area contributed by atoms with Gasteiger partial charge in [-0.15, -0.1) is 0 Å². The molecule has 0 spiro atoms. The molecule has 1 saturated heterocycles. The van der Waals surface area contributed by atoms with Crippen LogP contribution in [-0.2, 0) is 6.54 Å². The number of fused-ring (bicyclic) bond motifs is 1. The van der Waals surface area contributed by atoms with E-state index in [1.807, 2.05) is 25.1 Å². The molecule has 0 saturated carbocycles. The summed E-state index contributed by atoms with van der Waals surface area (Å²) in [4.78, 5) is 45.1.